The first-order chi connectivity index (χ1) is 10.3. The maximum absolute atomic E-state index is 13.5. The minimum atomic E-state index is -0.430. The summed E-state index contributed by atoms with van der Waals surface area (Å²) < 4.78 is 19.0. The molecular formula is C16H13FN2O2. The molecule has 0 fully saturated rings. The number of rotatable bonds is 5. The molecule has 0 saturated heterocycles. The highest BCUT2D eigenvalue weighted by Crippen LogP contribution is 2.19. The Bertz CT molecular complexity index is 693. The van der Waals surface area contributed by atoms with Crippen molar-refractivity contribution in [2.45, 2.75) is 6.61 Å². The van der Waals surface area contributed by atoms with Crippen molar-refractivity contribution in [2.24, 2.45) is 5.16 Å². The van der Waals surface area contributed by atoms with Gasteiger partial charge in [-0.05, 0) is 17.7 Å². The van der Waals surface area contributed by atoms with E-state index in [0.29, 0.717) is 5.56 Å². The van der Waals surface area contributed by atoms with Crippen molar-refractivity contribution in [1.29, 1.82) is 5.26 Å². The van der Waals surface area contributed by atoms with Crippen LogP contribution in [-0.2, 0) is 11.4 Å². The lowest BCUT2D eigenvalue weighted by Gasteiger charge is -2.10. The van der Waals surface area contributed by atoms with Gasteiger partial charge in [0.05, 0.1) is 0 Å². The summed E-state index contributed by atoms with van der Waals surface area (Å²) in [5.41, 5.74) is 1.46. The lowest BCUT2D eigenvalue weighted by molar-refractivity contribution is 0.214. The molecule has 0 atom stereocenters. The number of hydrogen-bond donors (Lipinski definition) is 0. The van der Waals surface area contributed by atoms with Gasteiger partial charge in [-0.2, -0.15) is 5.26 Å². The fraction of sp³-hybridized carbons (Fsp3) is 0.125. The molecule has 0 saturated carbocycles. The van der Waals surface area contributed by atoms with Crippen LogP contribution in [0.25, 0.3) is 0 Å². The Balaban J connectivity index is 2.24. The van der Waals surface area contributed by atoms with Gasteiger partial charge in [0.15, 0.2) is 17.3 Å². The highest BCUT2D eigenvalue weighted by atomic mass is 19.1. The summed E-state index contributed by atoms with van der Waals surface area (Å²) >= 11 is 0. The monoisotopic (exact) mass is 284 g/mol. The molecule has 2 aromatic rings. The topological polar surface area (TPSA) is 54.6 Å². The molecule has 0 spiro atoms. The van der Waals surface area contributed by atoms with Crippen molar-refractivity contribution in [3.63, 3.8) is 0 Å². The summed E-state index contributed by atoms with van der Waals surface area (Å²) in [6, 6.07) is 15.2. The standard InChI is InChI=1S/C16H13FN2O2/c1-20-19-15(10-18)13-7-3-2-6-12(13)11-21-16-9-5-4-8-14(16)17/h2-9H,11H2,1H3/b19-15-. The third-order valence-corrected chi connectivity index (χ3v) is 2.78. The Hall–Kier alpha value is -2.87. The smallest absolute Gasteiger partial charge is 0.187 e. The van der Waals surface area contributed by atoms with Crippen molar-refractivity contribution < 1.29 is 14.0 Å². The second-order valence-corrected chi connectivity index (χ2v) is 4.11. The Kier molecular flexibility index (Phi) is 4.89. The van der Waals surface area contributed by atoms with Crippen LogP contribution in [-0.4, -0.2) is 12.8 Å². The second kappa shape index (κ2) is 7.06. The molecule has 0 heterocycles. The summed E-state index contributed by atoms with van der Waals surface area (Å²) in [5, 5.41) is 12.8. The van der Waals surface area contributed by atoms with Gasteiger partial charge in [-0.15, -0.1) is 0 Å². The second-order valence-electron chi connectivity index (χ2n) is 4.11. The van der Waals surface area contributed by atoms with Crippen LogP contribution < -0.4 is 4.74 Å². The molecule has 0 aromatic heterocycles. The predicted molar refractivity (Wildman–Crippen MR) is 76.3 cm³/mol. The quantitative estimate of drug-likeness (QED) is 0.625. The average molecular weight is 284 g/mol. The molecule has 0 aliphatic carbocycles. The van der Waals surface area contributed by atoms with E-state index >= 15 is 0 Å². The number of hydrogen-bond acceptors (Lipinski definition) is 4. The SMILES string of the molecule is CO/N=C(/C#N)c1ccccc1COc1ccccc1F. The van der Waals surface area contributed by atoms with E-state index < -0.39 is 5.82 Å². The van der Waals surface area contributed by atoms with Crippen molar-refractivity contribution in [2.75, 3.05) is 7.11 Å². The van der Waals surface area contributed by atoms with Gasteiger partial charge in [0.25, 0.3) is 0 Å². The third kappa shape index (κ3) is 3.57. The van der Waals surface area contributed by atoms with Gasteiger partial charge in [-0.3, -0.25) is 0 Å². The molecule has 0 N–H and O–H groups in total. The maximum Gasteiger partial charge on any atom is 0.187 e. The van der Waals surface area contributed by atoms with Crippen LogP contribution in [0.2, 0.25) is 0 Å². The van der Waals surface area contributed by atoms with Gasteiger partial charge in [-0.1, -0.05) is 41.6 Å². The van der Waals surface area contributed by atoms with Crippen molar-refractivity contribution in [3.8, 4) is 11.8 Å². The highest BCUT2D eigenvalue weighted by Gasteiger charge is 2.10. The molecule has 21 heavy (non-hydrogen) atoms. The van der Waals surface area contributed by atoms with E-state index in [1.807, 2.05) is 12.1 Å². The Morgan fingerprint density at radius 2 is 1.90 bits per heavy atom. The first-order valence-corrected chi connectivity index (χ1v) is 6.23. The summed E-state index contributed by atoms with van der Waals surface area (Å²) in [6.07, 6.45) is 0. The fourth-order valence-corrected chi connectivity index (χ4v) is 1.82. The minimum absolute atomic E-state index is 0.127. The number of oxime groups is 1. The largest absolute Gasteiger partial charge is 0.486 e. The maximum atomic E-state index is 13.5. The molecular weight excluding hydrogens is 271 g/mol. The van der Waals surface area contributed by atoms with Gasteiger partial charge in [-0.25, -0.2) is 4.39 Å². The van der Waals surface area contributed by atoms with Crippen LogP contribution in [0.3, 0.4) is 0 Å². The summed E-state index contributed by atoms with van der Waals surface area (Å²) in [7, 11) is 1.37. The molecule has 0 radical (unpaired) electrons. The summed E-state index contributed by atoms with van der Waals surface area (Å²) in [4.78, 5) is 4.65. The number of nitriles is 1. The zero-order valence-electron chi connectivity index (χ0n) is 11.4. The molecule has 0 bridgehead atoms. The molecule has 0 amide bonds. The number of ether oxygens (including phenoxy) is 1. The zero-order valence-corrected chi connectivity index (χ0v) is 11.4. The van der Waals surface area contributed by atoms with Crippen molar-refractivity contribution >= 4 is 5.71 Å². The molecule has 0 aliphatic heterocycles. The number of nitrogens with zero attached hydrogens (tertiary/aromatic N) is 2. The normalized spacial score (nSPS) is 10.8. The molecule has 4 nitrogen and oxygen atoms in total. The minimum Gasteiger partial charge on any atom is -0.486 e. The van der Waals surface area contributed by atoms with E-state index in [1.165, 1.54) is 13.2 Å². The van der Waals surface area contributed by atoms with Gasteiger partial charge in [0.1, 0.15) is 19.8 Å². The number of para-hydroxylation sites is 1. The summed E-state index contributed by atoms with van der Waals surface area (Å²) in [6.45, 7) is 0.127. The van der Waals surface area contributed by atoms with Crippen LogP contribution in [0.5, 0.6) is 5.75 Å². The first kappa shape index (κ1) is 14.5. The van der Waals surface area contributed by atoms with Gasteiger partial charge in [0, 0.05) is 5.56 Å². The predicted octanol–water partition coefficient (Wildman–Crippen LogP) is 3.28. The highest BCUT2D eigenvalue weighted by molar-refractivity contribution is 6.12. The van der Waals surface area contributed by atoms with Crippen LogP contribution >= 0.6 is 0 Å². The van der Waals surface area contributed by atoms with Crippen molar-refractivity contribution in [1.82, 2.24) is 0 Å². The lowest BCUT2D eigenvalue weighted by atomic mass is 10.0. The van der Waals surface area contributed by atoms with Gasteiger partial charge in [0.2, 0.25) is 0 Å². The molecule has 2 aromatic carbocycles. The number of benzene rings is 2. The van der Waals surface area contributed by atoms with Crippen LogP contribution in [0.1, 0.15) is 11.1 Å². The third-order valence-electron chi connectivity index (χ3n) is 2.78. The van der Waals surface area contributed by atoms with Crippen LogP contribution in [0.4, 0.5) is 4.39 Å². The zero-order chi connectivity index (χ0) is 15.1. The molecule has 106 valence electrons. The fourth-order valence-electron chi connectivity index (χ4n) is 1.82. The Labute approximate surface area is 122 Å². The van der Waals surface area contributed by atoms with E-state index in [1.54, 1.807) is 36.4 Å². The average Bonchev–Trinajstić information content (AvgIpc) is 2.52. The van der Waals surface area contributed by atoms with E-state index in [0.717, 1.165) is 5.56 Å². The van der Waals surface area contributed by atoms with E-state index in [-0.39, 0.29) is 18.1 Å². The van der Waals surface area contributed by atoms with Crippen LogP contribution in [0, 0.1) is 17.1 Å². The molecule has 5 heteroatoms. The van der Waals surface area contributed by atoms with E-state index in [9.17, 15) is 4.39 Å². The Morgan fingerprint density at radius 3 is 2.62 bits per heavy atom. The molecule has 0 aliphatic rings. The number of halogens is 1. The van der Waals surface area contributed by atoms with Gasteiger partial charge >= 0.3 is 0 Å². The lowest BCUT2D eigenvalue weighted by Crippen LogP contribution is -2.06. The van der Waals surface area contributed by atoms with E-state index in [2.05, 4.69) is 9.99 Å². The van der Waals surface area contributed by atoms with E-state index in [4.69, 9.17) is 10.00 Å². The van der Waals surface area contributed by atoms with Gasteiger partial charge < -0.3 is 9.57 Å². The van der Waals surface area contributed by atoms with Crippen molar-refractivity contribution in [3.05, 3.63) is 65.5 Å². The van der Waals surface area contributed by atoms with Crippen LogP contribution in [0.15, 0.2) is 53.7 Å². The molecule has 2 rings (SSSR count). The molecule has 0 unspecified atom stereocenters. The summed E-state index contributed by atoms with van der Waals surface area (Å²) in [5.74, 6) is -0.268. The first-order valence-electron chi connectivity index (χ1n) is 6.23. The Morgan fingerprint density at radius 1 is 1.19 bits per heavy atom.